The topological polar surface area (TPSA) is 68.3 Å². The molecule has 3 atom stereocenters. The first-order chi connectivity index (χ1) is 8.36. The Hall–Kier alpha value is -1.29. The Labute approximate surface area is 109 Å². The highest BCUT2D eigenvalue weighted by atomic mass is 16.3. The molecule has 4 nitrogen and oxygen atoms in total. The molecule has 0 aromatic carbocycles. The predicted octanol–water partition coefficient (Wildman–Crippen LogP) is 2.45. The van der Waals surface area contributed by atoms with E-state index >= 15 is 0 Å². The fourth-order valence-electron chi connectivity index (χ4n) is 1.98. The third-order valence-electron chi connectivity index (χ3n) is 3.46. The number of hydrogen-bond donors (Lipinski definition) is 2. The van der Waals surface area contributed by atoms with Crippen LogP contribution >= 0.6 is 0 Å². The number of hydrogen-bond acceptors (Lipinski definition) is 3. The van der Waals surface area contributed by atoms with Gasteiger partial charge in [-0.15, -0.1) is 0 Å². The Morgan fingerprint density at radius 2 is 2.06 bits per heavy atom. The van der Waals surface area contributed by atoms with Crippen molar-refractivity contribution in [3.8, 4) is 0 Å². The van der Waals surface area contributed by atoms with Crippen LogP contribution in [0.25, 0.3) is 0 Å². The number of rotatable bonds is 5. The van der Waals surface area contributed by atoms with Gasteiger partial charge in [0.15, 0.2) is 0 Å². The lowest BCUT2D eigenvalue weighted by Gasteiger charge is -2.20. The molecule has 0 spiro atoms. The van der Waals surface area contributed by atoms with Crippen LogP contribution in [0.3, 0.4) is 0 Å². The molecule has 0 aliphatic heterocycles. The van der Waals surface area contributed by atoms with Gasteiger partial charge in [-0.05, 0) is 32.8 Å². The van der Waals surface area contributed by atoms with Gasteiger partial charge in [0.05, 0.1) is 12.1 Å². The number of nitrogens with two attached hydrogens (primary N) is 1. The fraction of sp³-hybridized carbons (Fsp3) is 0.643. The molecule has 0 saturated heterocycles. The van der Waals surface area contributed by atoms with Crippen LogP contribution in [0.15, 0.2) is 10.5 Å². The van der Waals surface area contributed by atoms with E-state index in [0.29, 0.717) is 0 Å². The maximum Gasteiger partial charge on any atom is 0.237 e. The summed E-state index contributed by atoms with van der Waals surface area (Å²) in [4.78, 5) is 12.0. The summed E-state index contributed by atoms with van der Waals surface area (Å²) >= 11 is 0. The van der Waals surface area contributed by atoms with Crippen LogP contribution in [0.4, 0.5) is 0 Å². The summed E-state index contributed by atoms with van der Waals surface area (Å²) in [6.07, 6.45) is 0.896. The van der Waals surface area contributed by atoms with Crippen LogP contribution < -0.4 is 11.1 Å². The van der Waals surface area contributed by atoms with Gasteiger partial charge in [0.25, 0.3) is 0 Å². The highest BCUT2D eigenvalue weighted by Gasteiger charge is 2.22. The molecule has 0 radical (unpaired) electrons. The smallest absolute Gasteiger partial charge is 0.237 e. The molecule has 2 unspecified atom stereocenters. The highest BCUT2D eigenvalue weighted by Crippen LogP contribution is 2.21. The van der Waals surface area contributed by atoms with Gasteiger partial charge in [0.2, 0.25) is 5.91 Å². The number of furan rings is 1. The van der Waals surface area contributed by atoms with E-state index in [1.165, 1.54) is 0 Å². The van der Waals surface area contributed by atoms with Crippen LogP contribution in [0.5, 0.6) is 0 Å². The van der Waals surface area contributed by atoms with Gasteiger partial charge >= 0.3 is 0 Å². The first kappa shape index (κ1) is 14.8. The molecule has 1 aromatic heterocycles. The minimum absolute atomic E-state index is 0.0787. The summed E-state index contributed by atoms with van der Waals surface area (Å²) in [5.41, 5.74) is 6.92. The molecular formula is C14H24N2O2. The van der Waals surface area contributed by atoms with Crippen LogP contribution in [0.2, 0.25) is 0 Å². The maximum absolute atomic E-state index is 12.0. The predicted molar refractivity (Wildman–Crippen MR) is 72.2 cm³/mol. The summed E-state index contributed by atoms with van der Waals surface area (Å²) in [5, 5.41) is 2.94. The Morgan fingerprint density at radius 3 is 2.50 bits per heavy atom. The fourth-order valence-corrected chi connectivity index (χ4v) is 1.98. The molecule has 18 heavy (non-hydrogen) atoms. The van der Waals surface area contributed by atoms with Crippen molar-refractivity contribution in [2.45, 2.75) is 53.1 Å². The van der Waals surface area contributed by atoms with Gasteiger partial charge in [0, 0.05) is 5.56 Å². The molecular weight excluding hydrogens is 228 g/mol. The minimum atomic E-state index is -0.453. The van der Waals surface area contributed by atoms with Crippen LogP contribution in [-0.4, -0.2) is 11.9 Å². The van der Waals surface area contributed by atoms with Crippen molar-refractivity contribution in [2.75, 3.05) is 0 Å². The summed E-state index contributed by atoms with van der Waals surface area (Å²) in [6.45, 7) is 9.76. The van der Waals surface area contributed by atoms with E-state index in [9.17, 15) is 4.79 Å². The second kappa shape index (κ2) is 6.05. The van der Waals surface area contributed by atoms with E-state index in [4.69, 9.17) is 10.2 Å². The normalized spacial score (nSPS) is 16.1. The summed E-state index contributed by atoms with van der Waals surface area (Å²) in [5.74, 6) is 1.78. The molecule has 1 aromatic rings. The third kappa shape index (κ3) is 3.35. The summed E-state index contributed by atoms with van der Waals surface area (Å²) in [7, 11) is 0. The Balaban J connectivity index is 2.67. The average Bonchev–Trinajstić information content (AvgIpc) is 2.66. The monoisotopic (exact) mass is 252 g/mol. The lowest BCUT2D eigenvalue weighted by atomic mass is 9.98. The van der Waals surface area contributed by atoms with Gasteiger partial charge < -0.3 is 15.5 Å². The van der Waals surface area contributed by atoms with Crippen molar-refractivity contribution >= 4 is 5.91 Å². The number of carbonyl (C=O) groups excluding carboxylic acids is 1. The number of aryl methyl sites for hydroxylation is 2. The lowest BCUT2D eigenvalue weighted by molar-refractivity contribution is -0.124. The van der Waals surface area contributed by atoms with Crippen molar-refractivity contribution in [3.63, 3.8) is 0 Å². The summed E-state index contributed by atoms with van der Waals surface area (Å²) < 4.78 is 5.46. The largest absolute Gasteiger partial charge is 0.466 e. The zero-order valence-corrected chi connectivity index (χ0v) is 11.9. The third-order valence-corrected chi connectivity index (χ3v) is 3.46. The number of amides is 1. The number of carbonyl (C=O) groups is 1. The average molecular weight is 252 g/mol. The quantitative estimate of drug-likeness (QED) is 0.845. The van der Waals surface area contributed by atoms with Crippen molar-refractivity contribution in [3.05, 3.63) is 23.2 Å². The van der Waals surface area contributed by atoms with Crippen LogP contribution in [-0.2, 0) is 4.79 Å². The molecule has 0 saturated carbocycles. The maximum atomic E-state index is 12.0. The molecule has 4 heteroatoms. The van der Waals surface area contributed by atoms with Crippen molar-refractivity contribution in [1.29, 1.82) is 0 Å². The zero-order valence-electron chi connectivity index (χ0n) is 11.9. The Kier molecular flexibility index (Phi) is 4.96. The van der Waals surface area contributed by atoms with Crippen LogP contribution in [0, 0.1) is 19.8 Å². The molecule has 1 amide bonds. The zero-order chi connectivity index (χ0) is 13.9. The minimum Gasteiger partial charge on any atom is -0.466 e. The van der Waals surface area contributed by atoms with E-state index in [1.807, 2.05) is 40.7 Å². The van der Waals surface area contributed by atoms with Crippen molar-refractivity contribution in [1.82, 2.24) is 5.32 Å². The van der Waals surface area contributed by atoms with E-state index in [2.05, 4.69) is 5.32 Å². The van der Waals surface area contributed by atoms with E-state index in [-0.39, 0.29) is 17.9 Å². The first-order valence-electron chi connectivity index (χ1n) is 6.49. The van der Waals surface area contributed by atoms with E-state index in [1.54, 1.807) is 0 Å². The second-order valence-corrected chi connectivity index (χ2v) is 5.01. The first-order valence-corrected chi connectivity index (χ1v) is 6.49. The van der Waals surface area contributed by atoms with Gasteiger partial charge in [-0.25, -0.2) is 0 Å². The van der Waals surface area contributed by atoms with E-state index < -0.39 is 6.04 Å². The highest BCUT2D eigenvalue weighted by molar-refractivity contribution is 5.82. The van der Waals surface area contributed by atoms with Crippen LogP contribution in [0.1, 0.15) is 50.3 Å². The molecule has 1 rings (SSSR count). The van der Waals surface area contributed by atoms with E-state index in [0.717, 1.165) is 23.5 Å². The SMILES string of the molecule is CCC(C)[C@H](N)C(=O)NC(C)c1cc(C)oc1C. The lowest BCUT2D eigenvalue weighted by Crippen LogP contribution is -2.45. The molecule has 102 valence electrons. The molecule has 0 bridgehead atoms. The second-order valence-electron chi connectivity index (χ2n) is 5.01. The Morgan fingerprint density at radius 1 is 1.44 bits per heavy atom. The number of nitrogens with one attached hydrogen (secondary N) is 1. The molecule has 0 aliphatic rings. The Bertz CT molecular complexity index is 412. The van der Waals surface area contributed by atoms with Gasteiger partial charge in [-0.1, -0.05) is 20.3 Å². The van der Waals surface area contributed by atoms with Crippen molar-refractivity contribution in [2.24, 2.45) is 11.7 Å². The molecule has 0 aliphatic carbocycles. The van der Waals surface area contributed by atoms with Gasteiger partial charge in [-0.2, -0.15) is 0 Å². The molecule has 3 N–H and O–H groups in total. The standard InChI is InChI=1S/C14H24N2O2/c1-6-8(2)13(15)14(17)16-10(4)12-7-9(3)18-11(12)5/h7-8,10,13H,6,15H2,1-5H3,(H,16,17)/t8?,10?,13-/m0/s1. The molecule has 0 fully saturated rings. The van der Waals surface area contributed by atoms with Gasteiger partial charge in [0.1, 0.15) is 11.5 Å². The van der Waals surface area contributed by atoms with Crippen molar-refractivity contribution < 1.29 is 9.21 Å². The summed E-state index contributed by atoms with van der Waals surface area (Å²) in [6, 6.07) is 1.42. The van der Waals surface area contributed by atoms with Gasteiger partial charge in [-0.3, -0.25) is 4.79 Å². The molecule has 1 heterocycles.